The van der Waals surface area contributed by atoms with E-state index in [1.54, 1.807) is 12.1 Å². The van der Waals surface area contributed by atoms with Crippen molar-refractivity contribution in [3.8, 4) is 0 Å². The Morgan fingerprint density at radius 1 is 1.29 bits per heavy atom. The van der Waals surface area contributed by atoms with Gasteiger partial charge in [0.25, 0.3) is 0 Å². The molecule has 1 atom stereocenters. The van der Waals surface area contributed by atoms with Crippen LogP contribution in [0.25, 0.3) is 0 Å². The molecule has 0 amide bonds. The van der Waals surface area contributed by atoms with Crippen molar-refractivity contribution in [1.82, 2.24) is 5.32 Å². The van der Waals surface area contributed by atoms with Crippen molar-refractivity contribution >= 4 is 0 Å². The Labute approximate surface area is 127 Å². The highest BCUT2D eigenvalue weighted by molar-refractivity contribution is 5.18. The lowest BCUT2D eigenvalue weighted by atomic mass is 9.81. The van der Waals surface area contributed by atoms with Crippen molar-refractivity contribution in [1.29, 1.82) is 0 Å². The number of hydrogen-bond acceptors (Lipinski definition) is 2. The summed E-state index contributed by atoms with van der Waals surface area (Å²) < 4.78 is 13.1. The topological polar surface area (TPSA) is 32.3 Å². The van der Waals surface area contributed by atoms with Gasteiger partial charge in [-0.3, -0.25) is 0 Å². The molecule has 0 saturated heterocycles. The number of aliphatic hydroxyl groups excluding tert-OH is 1. The summed E-state index contributed by atoms with van der Waals surface area (Å²) in [6.45, 7) is 3.77. The number of halogens is 1. The van der Waals surface area contributed by atoms with Crippen molar-refractivity contribution in [3.05, 3.63) is 35.6 Å². The van der Waals surface area contributed by atoms with Gasteiger partial charge in [0.15, 0.2) is 0 Å². The minimum absolute atomic E-state index is 0.293. The molecule has 0 bridgehead atoms. The molecular weight excluding hydrogens is 265 g/mol. The molecule has 2 rings (SSSR count). The van der Waals surface area contributed by atoms with Gasteiger partial charge >= 0.3 is 0 Å². The zero-order valence-corrected chi connectivity index (χ0v) is 13.0. The molecule has 3 heteroatoms. The number of benzene rings is 1. The van der Waals surface area contributed by atoms with Crippen LogP contribution in [-0.2, 0) is 0 Å². The van der Waals surface area contributed by atoms with E-state index in [4.69, 9.17) is 0 Å². The standard InChI is InChI=1S/C18H28FNO/c1-14-7-9-15(10-8-14)4-3-11-20-13-18(21)16-5-2-6-17(19)12-16/h2,5-6,12,14-15,18,20-21H,3-4,7-11,13H2,1H3/t14?,15?,18-/m0/s1. The lowest BCUT2D eigenvalue weighted by Crippen LogP contribution is -2.23. The second-order valence-corrected chi connectivity index (χ2v) is 6.54. The van der Waals surface area contributed by atoms with Crippen molar-refractivity contribution in [2.24, 2.45) is 11.8 Å². The molecule has 2 N–H and O–H groups in total. The molecule has 21 heavy (non-hydrogen) atoms. The first-order chi connectivity index (χ1) is 10.1. The Balaban J connectivity index is 1.57. The number of aliphatic hydroxyl groups is 1. The Hall–Kier alpha value is -0.930. The molecule has 0 unspecified atom stereocenters. The summed E-state index contributed by atoms with van der Waals surface area (Å²) in [5.74, 6) is 1.52. The average Bonchev–Trinajstić information content (AvgIpc) is 2.48. The molecule has 0 spiro atoms. The van der Waals surface area contributed by atoms with Crippen LogP contribution in [0.2, 0.25) is 0 Å². The van der Waals surface area contributed by atoms with E-state index in [2.05, 4.69) is 12.2 Å². The van der Waals surface area contributed by atoms with Crippen LogP contribution in [-0.4, -0.2) is 18.2 Å². The van der Waals surface area contributed by atoms with Gasteiger partial charge in [-0.15, -0.1) is 0 Å². The SMILES string of the molecule is CC1CCC(CCCNC[C@H](O)c2cccc(F)c2)CC1. The maximum Gasteiger partial charge on any atom is 0.123 e. The van der Waals surface area contributed by atoms with Crippen LogP contribution in [0.1, 0.15) is 57.1 Å². The van der Waals surface area contributed by atoms with Gasteiger partial charge in [-0.25, -0.2) is 4.39 Å². The maximum absolute atomic E-state index is 13.1. The fourth-order valence-corrected chi connectivity index (χ4v) is 3.20. The minimum atomic E-state index is -0.628. The highest BCUT2D eigenvalue weighted by Crippen LogP contribution is 2.30. The predicted octanol–water partition coefficient (Wildman–Crippen LogP) is 4.06. The van der Waals surface area contributed by atoms with E-state index in [0.29, 0.717) is 12.1 Å². The summed E-state index contributed by atoms with van der Waals surface area (Å²) in [4.78, 5) is 0. The normalized spacial score (nSPS) is 24.0. The Morgan fingerprint density at radius 2 is 2.05 bits per heavy atom. The first kappa shape index (κ1) is 16.4. The first-order valence-corrected chi connectivity index (χ1v) is 8.29. The molecule has 1 aromatic rings. The van der Waals surface area contributed by atoms with Gasteiger partial charge in [0.05, 0.1) is 6.10 Å². The average molecular weight is 293 g/mol. The van der Waals surface area contributed by atoms with Gasteiger partial charge in [-0.1, -0.05) is 44.7 Å². The van der Waals surface area contributed by atoms with E-state index in [9.17, 15) is 9.50 Å². The van der Waals surface area contributed by atoms with Crippen LogP contribution in [0.4, 0.5) is 4.39 Å². The van der Waals surface area contributed by atoms with Gasteiger partial charge in [0.2, 0.25) is 0 Å². The van der Waals surface area contributed by atoms with Crippen LogP contribution in [0, 0.1) is 17.7 Å². The number of hydrogen-bond donors (Lipinski definition) is 2. The van der Waals surface area contributed by atoms with Crippen LogP contribution < -0.4 is 5.32 Å². The molecule has 2 nitrogen and oxygen atoms in total. The highest BCUT2D eigenvalue weighted by atomic mass is 19.1. The second kappa shape index (κ2) is 8.50. The summed E-state index contributed by atoms with van der Waals surface area (Å²) in [5.41, 5.74) is 0.642. The third-order valence-corrected chi connectivity index (χ3v) is 4.67. The van der Waals surface area contributed by atoms with Crippen molar-refractivity contribution in [2.75, 3.05) is 13.1 Å². The van der Waals surface area contributed by atoms with Gasteiger partial charge < -0.3 is 10.4 Å². The summed E-state index contributed by atoms with van der Waals surface area (Å²) in [6, 6.07) is 6.20. The summed E-state index contributed by atoms with van der Waals surface area (Å²) in [7, 11) is 0. The Morgan fingerprint density at radius 3 is 2.76 bits per heavy atom. The zero-order valence-electron chi connectivity index (χ0n) is 13.0. The lowest BCUT2D eigenvalue weighted by molar-refractivity contribution is 0.173. The number of rotatable bonds is 7. The third-order valence-electron chi connectivity index (χ3n) is 4.67. The van der Waals surface area contributed by atoms with Crippen molar-refractivity contribution in [3.63, 3.8) is 0 Å². The molecule has 0 aliphatic heterocycles. The molecule has 1 saturated carbocycles. The van der Waals surface area contributed by atoms with Crippen LogP contribution in [0.5, 0.6) is 0 Å². The van der Waals surface area contributed by atoms with Crippen LogP contribution >= 0.6 is 0 Å². The highest BCUT2D eigenvalue weighted by Gasteiger charge is 2.17. The van der Waals surface area contributed by atoms with Crippen molar-refractivity contribution < 1.29 is 9.50 Å². The summed E-state index contributed by atoms with van der Waals surface area (Å²) in [6.07, 6.45) is 7.36. The Kier molecular flexibility index (Phi) is 6.65. The van der Waals surface area contributed by atoms with Gasteiger partial charge in [0.1, 0.15) is 5.82 Å². The smallest absolute Gasteiger partial charge is 0.123 e. The van der Waals surface area contributed by atoms with Gasteiger partial charge in [-0.2, -0.15) is 0 Å². The van der Waals surface area contributed by atoms with Gasteiger partial charge in [-0.05, 0) is 48.9 Å². The third kappa shape index (κ3) is 5.76. The second-order valence-electron chi connectivity index (χ2n) is 6.54. The van der Waals surface area contributed by atoms with E-state index in [1.807, 2.05) is 0 Å². The summed E-state index contributed by atoms with van der Waals surface area (Å²) >= 11 is 0. The van der Waals surface area contributed by atoms with Crippen LogP contribution in [0.15, 0.2) is 24.3 Å². The van der Waals surface area contributed by atoms with E-state index in [1.165, 1.54) is 44.2 Å². The first-order valence-electron chi connectivity index (χ1n) is 8.29. The van der Waals surface area contributed by atoms with Gasteiger partial charge in [0, 0.05) is 6.54 Å². The zero-order chi connectivity index (χ0) is 15.1. The number of nitrogens with one attached hydrogen (secondary N) is 1. The van der Waals surface area contributed by atoms with E-state index < -0.39 is 6.10 Å². The van der Waals surface area contributed by atoms with E-state index in [0.717, 1.165) is 24.8 Å². The molecule has 0 heterocycles. The predicted molar refractivity (Wildman–Crippen MR) is 84.6 cm³/mol. The molecule has 0 radical (unpaired) electrons. The molecular formula is C18H28FNO. The molecule has 0 aromatic heterocycles. The summed E-state index contributed by atoms with van der Waals surface area (Å²) in [5, 5.41) is 13.3. The molecule has 1 fully saturated rings. The van der Waals surface area contributed by atoms with E-state index >= 15 is 0 Å². The molecule has 1 aliphatic carbocycles. The largest absolute Gasteiger partial charge is 0.387 e. The molecule has 1 aliphatic rings. The maximum atomic E-state index is 13.1. The monoisotopic (exact) mass is 293 g/mol. The quantitative estimate of drug-likeness (QED) is 0.743. The molecule has 118 valence electrons. The van der Waals surface area contributed by atoms with E-state index in [-0.39, 0.29) is 5.82 Å². The lowest BCUT2D eigenvalue weighted by Gasteiger charge is -2.26. The fourth-order valence-electron chi connectivity index (χ4n) is 3.20. The minimum Gasteiger partial charge on any atom is -0.387 e. The van der Waals surface area contributed by atoms with Crippen molar-refractivity contribution in [2.45, 2.75) is 51.6 Å². The van der Waals surface area contributed by atoms with Crippen LogP contribution in [0.3, 0.4) is 0 Å². The molecule has 1 aromatic carbocycles. The Bertz CT molecular complexity index is 415. The fraction of sp³-hybridized carbons (Fsp3) is 0.667.